The van der Waals surface area contributed by atoms with Crippen LogP contribution in [0.1, 0.15) is 61.4 Å². The molecule has 5 heteroatoms. The van der Waals surface area contributed by atoms with E-state index in [0.717, 1.165) is 42.6 Å². The van der Waals surface area contributed by atoms with Gasteiger partial charge in [0.25, 0.3) is 0 Å². The lowest BCUT2D eigenvalue weighted by molar-refractivity contribution is -0.115. The fourth-order valence-electron chi connectivity index (χ4n) is 3.52. The number of aromatic nitrogens is 1. The second-order valence-electron chi connectivity index (χ2n) is 7.29. The number of fused-ring (bicyclic) bond motifs is 1. The molecule has 0 aliphatic heterocycles. The molecule has 1 aliphatic carbocycles. The maximum absolute atomic E-state index is 12.8. The first-order chi connectivity index (χ1) is 13.6. The molecule has 1 aromatic carbocycles. The fourth-order valence-corrected chi connectivity index (χ4v) is 4.52. The Morgan fingerprint density at radius 3 is 2.71 bits per heavy atom. The highest BCUT2D eigenvalue weighted by atomic mass is 32.2. The van der Waals surface area contributed by atoms with Gasteiger partial charge in [0, 0.05) is 11.4 Å². The van der Waals surface area contributed by atoms with Crippen LogP contribution in [0.15, 0.2) is 35.4 Å². The highest BCUT2D eigenvalue weighted by Crippen LogP contribution is 2.31. The molecule has 1 aromatic heterocycles. The van der Waals surface area contributed by atoms with Crippen LogP contribution in [0.2, 0.25) is 0 Å². The van der Waals surface area contributed by atoms with Gasteiger partial charge in [0.1, 0.15) is 11.1 Å². The van der Waals surface area contributed by atoms with Gasteiger partial charge in [-0.3, -0.25) is 4.79 Å². The minimum Gasteiger partial charge on any atom is -0.325 e. The second-order valence-corrected chi connectivity index (χ2v) is 8.48. The van der Waals surface area contributed by atoms with Crippen LogP contribution in [0.5, 0.6) is 0 Å². The van der Waals surface area contributed by atoms with E-state index in [-0.39, 0.29) is 11.2 Å². The summed E-state index contributed by atoms with van der Waals surface area (Å²) in [4.78, 5) is 17.7. The van der Waals surface area contributed by atoms with Crippen molar-refractivity contribution in [3.63, 3.8) is 0 Å². The van der Waals surface area contributed by atoms with Crippen LogP contribution < -0.4 is 5.32 Å². The Morgan fingerprint density at radius 1 is 1.25 bits per heavy atom. The molecule has 0 fully saturated rings. The van der Waals surface area contributed by atoms with Crippen LogP contribution in [0, 0.1) is 18.3 Å². The van der Waals surface area contributed by atoms with E-state index >= 15 is 0 Å². The zero-order chi connectivity index (χ0) is 19.9. The van der Waals surface area contributed by atoms with E-state index < -0.39 is 0 Å². The van der Waals surface area contributed by atoms with Gasteiger partial charge in [-0.25, -0.2) is 4.98 Å². The number of rotatable bonds is 5. The number of hydrogen-bond acceptors (Lipinski definition) is 4. The summed E-state index contributed by atoms with van der Waals surface area (Å²) in [5.41, 5.74) is 4.77. The molecule has 0 saturated carbocycles. The average molecular weight is 394 g/mol. The summed E-state index contributed by atoms with van der Waals surface area (Å²) in [6, 6.07) is 12.1. The number of carbonyl (C=O) groups excluding carboxylic acids is 1. The number of amides is 1. The summed E-state index contributed by atoms with van der Waals surface area (Å²) in [6.07, 6.45) is 7.40. The van der Waals surface area contributed by atoms with E-state index in [1.807, 2.05) is 44.2 Å². The Morgan fingerprint density at radius 2 is 2.00 bits per heavy atom. The molecular weight excluding hydrogens is 366 g/mol. The van der Waals surface area contributed by atoms with Gasteiger partial charge in [-0.1, -0.05) is 49.7 Å². The van der Waals surface area contributed by atoms with Gasteiger partial charge in [-0.15, -0.1) is 0 Å². The van der Waals surface area contributed by atoms with Crippen LogP contribution in [-0.2, 0) is 17.6 Å². The van der Waals surface area contributed by atoms with Crippen molar-refractivity contribution in [3.05, 3.63) is 52.7 Å². The maximum Gasteiger partial charge on any atom is 0.237 e. The number of nitrogens with zero attached hydrogens (tertiary/aromatic N) is 2. The Hall–Kier alpha value is -2.32. The Balaban J connectivity index is 1.81. The zero-order valence-corrected chi connectivity index (χ0v) is 17.4. The van der Waals surface area contributed by atoms with Crippen LogP contribution >= 0.6 is 11.8 Å². The third-order valence-electron chi connectivity index (χ3n) is 5.21. The predicted octanol–water partition coefficient (Wildman–Crippen LogP) is 5.43. The van der Waals surface area contributed by atoms with Crippen LogP contribution in [0.25, 0.3) is 0 Å². The van der Waals surface area contributed by atoms with Gasteiger partial charge in [-0.2, -0.15) is 5.26 Å². The van der Waals surface area contributed by atoms with Gasteiger partial charge in [0.2, 0.25) is 5.91 Å². The summed E-state index contributed by atoms with van der Waals surface area (Å²) in [7, 11) is 0. The van der Waals surface area contributed by atoms with E-state index in [4.69, 9.17) is 4.98 Å². The molecular formula is C23H27N3OS. The molecule has 4 nitrogen and oxygen atoms in total. The van der Waals surface area contributed by atoms with Crippen LogP contribution in [-0.4, -0.2) is 16.1 Å². The monoisotopic (exact) mass is 393 g/mol. The van der Waals surface area contributed by atoms with E-state index in [1.165, 1.54) is 30.2 Å². The largest absolute Gasteiger partial charge is 0.325 e. The van der Waals surface area contributed by atoms with Crippen molar-refractivity contribution in [2.75, 3.05) is 5.32 Å². The number of pyridine rings is 1. The third kappa shape index (κ3) is 4.94. The maximum atomic E-state index is 12.8. The minimum atomic E-state index is -0.286. The second kappa shape index (κ2) is 9.75. The molecule has 1 N–H and O–H groups in total. The number of anilines is 1. The lowest BCUT2D eigenvalue weighted by Crippen LogP contribution is -2.25. The van der Waals surface area contributed by atoms with Gasteiger partial charge >= 0.3 is 0 Å². The van der Waals surface area contributed by atoms with Gasteiger partial charge in [-0.05, 0) is 62.3 Å². The van der Waals surface area contributed by atoms with Crippen LogP contribution in [0.3, 0.4) is 0 Å². The Bertz CT molecular complexity index is 888. The molecule has 1 atom stereocenters. The van der Waals surface area contributed by atoms with Gasteiger partial charge in [0.15, 0.2) is 0 Å². The third-order valence-corrected chi connectivity index (χ3v) is 6.57. The number of thioether (sulfide) groups is 1. The molecule has 1 unspecified atom stereocenters. The first-order valence-corrected chi connectivity index (χ1v) is 11.0. The molecule has 0 radical (unpaired) electrons. The number of nitriles is 1. The van der Waals surface area contributed by atoms with E-state index in [0.29, 0.717) is 17.0 Å². The lowest BCUT2D eigenvalue weighted by atomic mass is 9.96. The minimum absolute atomic E-state index is 0.0424. The number of nitrogens with one attached hydrogen (secondary N) is 1. The molecule has 0 bridgehead atoms. The summed E-state index contributed by atoms with van der Waals surface area (Å²) in [5.74, 6) is -0.0424. The molecule has 1 aliphatic rings. The van der Waals surface area contributed by atoms with Crippen molar-refractivity contribution in [1.29, 1.82) is 5.26 Å². The molecule has 28 heavy (non-hydrogen) atoms. The first-order valence-electron chi connectivity index (χ1n) is 10.1. The van der Waals surface area contributed by atoms with Gasteiger partial charge < -0.3 is 5.32 Å². The molecule has 0 saturated heterocycles. The standard InChI is InChI=1S/C23H27N3OS/c1-3-21(22(27)25-19-12-9-8-10-16(19)2)28-23-18(15-24)14-17-11-6-4-5-7-13-20(17)26-23/h8-10,12,14,21H,3-7,11,13H2,1-2H3,(H,25,27). The first kappa shape index (κ1) is 20.4. The van der Waals surface area contributed by atoms with Crippen molar-refractivity contribution in [2.45, 2.75) is 69.1 Å². The van der Waals surface area contributed by atoms with Crippen molar-refractivity contribution in [2.24, 2.45) is 0 Å². The zero-order valence-electron chi connectivity index (χ0n) is 16.6. The quantitative estimate of drug-likeness (QED) is 0.688. The Labute approximate surface area is 171 Å². The molecule has 146 valence electrons. The highest BCUT2D eigenvalue weighted by molar-refractivity contribution is 8.00. The van der Waals surface area contributed by atoms with E-state index in [1.54, 1.807) is 0 Å². The van der Waals surface area contributed by atoms with Crippen molar-refractivity contribution in [3.8, 4) is 6.07 Å². The highest BCUT2D eigenvalue weighted by Gasteiger charge is 2.22. The molecule has 3 rings (SSSR count). The Kier molecular flexibility index (Phi) is 7.11. The summed E-state index contributed by atoms with van der Waals surface area (Å²) in [6.45, 7) is 3.98. The molecule has 2 aromatic rings. The van der Waals surface area contributed by atoms with E-state index in [9.17, 15) is 10.1 Å². The van der Waals surface area contributed by atoms with Crippen molar-refractivity contribution in [1.82, 2.24) is 4.98 Å². The van der Waals surface area contributed by atoms with Crippen molar-refractivity contribution >= 4 is 23.4 Å². The lowest BCUT2D eigenvalue weighted by Gasteiger charge is -2.18. The summed E-state index contributed by atoms with van der Waals surface area (Å²) < 4.78 is 0. The van der Waals surface area contributed by atoms with Crippen LogP contribution in [0.4, 0.5) is 5.69 Å². The molecule has 0 spiro atoms. The summed E-state index contributed by atoms with van der Waals surface area (Å²) >= 11 is 1.41. The van der Waals surface area contributed by atoms with Gasteiger partial charge in [0.05, 0.1) is 10.8 Å². The van der Waals surface area contributed by atoms with Crippen molar-refractivity contribution < 1.29 is 4.79 Å². The summed E-state index contributed by atoms with van der Waals surface area (Å²) in [5, 5.41) is 13.1. The number of hydrogen-bond donors (Lipinski definition) is 1. The normalized spacial score (nSPS) is 14.9. The SMILES string of the molecule is CCC(Sc1nc2c(cc1C#N)CCCCCC2)C(=O)Nc1ccccc1C. The van der Waals surface area contributed by atoms with E-state index in [2.05, 4.69) is 11.4 Å². The number of benzene rings is 1. The fraction of sp³-hybridized carbons (Fsp3) is 0.435. The number of para-hydroxylation sites is 1. The predicted molar refractivity (Wildman–Crippen MR) is 115 cm³/mol. The molecule has 1 heterocycles. The average Bonchev–Trinajstić information content (AvgIpc) is 2.68. The number of aryl methyl sites for hydroxylation is 3. The smallest absolute Gasteiger partial charge is 0.237 e. The number of carbonyl (C=O) groups is 1. The topological polar surface area (TPSA) is 65.8 Å². The molecule has 1 amide bonds.